The van der Waals surface area contributed by atoms with E-state index in [1.165, 1.54) is 37.4 Å². The number of hydrogen-bond acceptors (Lipinski definition) is 8. The number of hydrogen-bond donors (Lipinski definition) is 2. The Morgan fingerprint density at radius 1 is 1.23 bits per heavy atom. The molecule has 2 fully saturated rings. The number of amides is 1. The van der Waals surface area contributed by atoms with Crippen LogP contribution in [-0.2, 0) is 21.1 Å². The second-order valence-electron chi connectivity index (χ2n) is 11.8. The summed E-state index contributed by atoms with van der Waals surface area (Å²) in [6, 6.07) is 5.22. The third-order valence-corrected chi connectivity index (χ3v) is 9.30. The van der Waals surface area contributed by atoms with Gasteiger partial charge in [0.05, 0.1) is 60.8 Å². The molecule has 1 aromatic heterocycles. The van der Waals surface area contributed by atoms with Crippen LogP contribution < -0.4 is 15.4 Å². The molecule has 2 saturated heterocycles. The Kier molecular flexibility index (Phi) is 9.72. The predicted octanol–water partition coefficient (Wildman–Crippen LogP) is 3.95. The van der Waals surface area contributed by atoms with Crippen molar-refractivity contribution < 1.29 is 44.6 Å². The normalized spacial score (nSPS) is 21.7. The topological polar surface area (TPSA) is 115 Å². The zero-order chi connectivity index (χ0) is 34.1. The SMILES string of the molecule is COc1ccc(S(C)(=O)=O)cc1NCC#Cc1cc(C(=O)NC2C(C)CN(C3CCOC3)CC2(F)F)c2ncn(CC(F)(F)F)c2c1. The van der Waals surface area contributed by atoms with E-state index in [0.29, 0.717) is 37.6 Å². The van der Waals surface area contributed by atoms with Crippen molar-refractivity contribution >= 4 is 32.5 Å². The number of methoxy groups -OCH3 is 1. The summed E-state index contributed by atoms with van der Waals surface area (Å²) in [7, 11) is -2.10. The van der Waals surface area contributed by atoms with Gasteiger partial charge in [-0.3, -0.25) is 9.69 Å². The van der Waals surface area contributed by atoms with Crippen LogP contribution in [0.15, 0.2) is 41.6 Å². The van der Waals surface area contributed by atoms with Gasteiger partial charge < -0.3 is 24.7 Å². The van der Waals surface area contributed by atoms with Crippen molar-refractivity contribution in [2.75, 3.05) is 51.5 Å². The van der Waals surface area contributed by atoms with Crippen LogP contribution in [0.25, 0.3) is 11.0 Å². The van der Waals surface area contributed by atoms with Crippen molar-refractivity contribution in [3.05, 3.63) is 47.8 Å². The molecule has 10 nitrogen and oxygen atoms in total. The molecule has 0 bridgehead atoms. The minimum atomic E-state index is -4.60. The lowest BCUT2D eigenvalue weighted by Crippen LogP contribution is -2.64. The van der Waals surface area contributed by atoms with Gasteiger partial charge >= 0.3 is 6.18 Å². The predicted molar refractivity (Wildman–Crippen MR) is 163 cm³/mol. The number of rotatable bonds is 8. The number of aromatic nitrogens is 2. The standard InChI is InChI=1S/C31H34F5N5O5S/c1-19-14-40(21-8-10-46-15-21)16-30(32,33)28(19)39-29(42)23-11-20(12-25-27(23)38-18-41(25)17-31(34,35)36)5-4-9-37-24-13-22(47(3,43)44)6-7-26(24)45-2/h6-7,11-13,18-19,21,28,37H,8-10,14-17H2,1-3H3,(H,39,42). The Morgan fingerprint density at radius 3 is 2.64 bits per heavy atom. The molecule has 16 heteroatoms. The molecule has 0 saturated carbocycles. The molecule has 2 aliphatic heterocycles. The molecule has 3 aromatic rings. The maximum atomic E-state index is 15.5. The van der Waals surface area contributed by atoms with E-state index >= 15 is 8.78 Å². The van der Waals surface area contributed by atoms with Crippen molar-refractivity contribution in [3.63, 3.8) is 0 Å². The van der Waals surface area contributed by atoms with Gasteiger partial charge in [-0.2, -0.15) is 13.2 Å². The maximum absolute atomic E-state index is 15.5. The summed E-state index contributed by atoms with van der Waals surface area (Å²) in [5, 5.41) is 5.39. The largest absolute Gasteiger partial charge is 0.495 e. The number of carbonyl (C=O) groups is 1. The fourth-order valence-corrected chi connectivity index (χ4v) is 6.60. The molecule has 3 unspecified atom stereocenters. The fraction of sp³-hybridized carbons (Fsp3) is 0.484. The Labute approximate surface area is 268 Å². The van der Waals surface area contributed by atoms with Gasteiger partial charge in [-0.1, -0.05) is 18.8 Å². The first-order chi connectivity index (χ1) is 22.1. The van der Waals surface area contributed by atoms with Crippen LogP contribution in [0.2, 0.25) is 0 Å². The van der Waals surface area contributed by atoms with Crippen molar-refractivity contribution in [1.82, 2.24) is 19.8 Å². The van der Waals surface area contributed by atoms with E-state index < -0.39 is 52.9 Å². The highest BCUT2D eigenvalue weighted by Crippen LogP contribution is 2.34. The number of ether oxygens (including phenoxy) is 2. The second kappa shape index (κ2) is 13.3. The minimum Gasteiger partial charge on any atom is -0.495 e. The molecule has 47 heavy (non-hydrogen) atoms. The molecule has 5 rings (SSSR count). The van der Waals surface area contributed by atoms with E-state index in [9.17, 15) is 26.4 Å². The molecule has 1 amide bonds. The van der Waals surface area contributed by atoms with Crippen LogP contribution in [0.4, 0.5) is 27.6 Å². The molecule has 0 spiro atoms. The highest BCUT2D eigenvalue weighted by atomic mass is 32.2. The van der Waals surface area contributed by atoms with E-state index in [1.807, 2.05) is 0 Å². The molecule has 254 valence electrons. The molecule has 3 heterocycles. The zero-order valence-electron chi connectivity index (χ0n) is 25.8. The average molecular weight is 684 g/mol. The Balaban J connectivity index is 1.42. The number of piperidine rings is 1. The van der Waals surface area contributed by atoms with Crippen molar-refractivity contribution in [2.24, 2.45) is 5.92 Å². The molecule has 2 aromatic carbocycles. The van der Waals surface area contributed by atoms with Gasteiger partial charge in [0.15, 0.2) is 9.84 Å². The van der Waals surface area contributed by atoms with Crippen LogP contribution >= 0.6 is 0 Å². The van der Waals surface area contributed by atoms with Gasteiger partial charge in [-0.05, 0) is 42.7 Å². The first-order valence-corrected chi connectivity index (χ1v) is 16.6. The van der Waals surface area contributed by atoms with Gasteiger partial charge in [0.1, 0.15) is 17.8 Å². The number of halogens is 5. The van der Waals surface area contributed by atoms with E-state index in [2.05, 4.69) is 27.5 Å². The second-order valence-corrected chi connectivity index (χ2v) is 13.8. The number of fused-ring (bicyclic) bond motifs is 1. The molecule has 0 radical (unpaired) electrons. The third kappa shape index (κ3) is 7.96. The van der Waals surface area contributed by atoms with Crippen LogP contribution in [0.5, 0.6) is 5.75 Å². The minimum absolute atomic E-state index is 0.0424. The maximum Gasteiger partial charge on any atom is 0.406 e. The Bertz CT molecular complexity index is 1810. The number of imidazole rings is 1. The number of likely N-dealkylation sites (tertiary alicyclic amines) is 1. The highest BCUT2D eigenvalue weighted by molar-refractivity contribution is 7.90. The van der Waals surface area contributed by atoms with E-state index in [4.69, 9.17) is 9.47 Å². The molecule has 2 aliphatic rings. The quantitative estimate of drug-likeness (QED) is 0.271. The molecule has 0 aliphatic carbocycles. The summed E-state index contributed by atoms with van der Waals surface area (Å²) in [5.74, 6) is 1.09. The number of benzene rings is 2. The van der Waals surface area contributed by atoms with E-state index in [1.54, 1.807) is 11.8 Å². The number of anilines is 1. The first-order valence-electron chi connectivity index (χ1n) is 14.7. The monoisotopic (exact) mass is 683 g/mol. The first kappa shape index (κ1) is 34.4. The van der Waals surface area contributed by atoms with Crippen LogP contribution in [0.3, 0.4) is 0 Å². The van der Waals surface area contributed by atoms with Crippen molar-refractivity contribution in [2.45, 2.75) is 49.0 Å². The fourth-order valence-electron chi connectivity index (χ4n) is 5.95. The van der Waals surface area contributed by atoms with Crippen LogP contribution in [0, 0.1) is 17.8 Å². The van der Waals surface area contributed by atoms with Gasteiger partial charge in [-0.25, -0.2) is 22.2 Å². The number of carbonyl (C=O) groups excluding carboxylic acids is 1. The van der Waals surface area contributed by atoms with E-state index in [0.717, 1.165) is 17.2 Å². The van der Waals surface area contributed by atoms with Gasteiger partial charge in [-0.15, -0.1) is 0 Å². The third-order valence-electron chi connectivity index (χ3n) is 8.19. The number of nitrogens with one attached hydrogen (secondary N) is 2. The molecule has 3 atom stereocenters. The summed E-state index contributed by atoms with van der Waals surface area (Å²) in [6.45, 7) is 0.782. The lowest BCUT2D eigenvalue weighted by atomic mass is 9.89. The van der Waals surface area contributed by atoms with Gasteiger partial charge in [0.25, 0.3) is 11.8 Å². The Morgan fingerprint density at radius 2 is 2.00 bits per heavy atom. The smallest absolute Gasteiger partial charge is 0.406 e. The summed E-state index contributed by atoms with van der Waals surface area (Å²) < 4.78 is 106. The van der Waals surface area contributed by atoms with Crippen molar-refractivity contribution in [3.8, 4) is 17.6 Å². The summed E-state index contributed by atoms with van der Waals surface area (Å²) >= 11 is 0. The summed E-state index contributed by atoms with van der Waals surface area (Å²) in [5.41, 5.74) is 0.142. The van der Waals surface area contributed by atoms with Crippen LogP contribution in [-0.4, -0.2) is 99.2 Å². The molecule has 2 N–H and O–H groups in total. The average Bonchev–Trinajstić information content (AvgIpc) is 3.66. The zero-order valence-corrected chi connectivity index (χ0v) is 26.6. The summed E-state index contributed by atoms with van der Waals surface area (Å²) in [4.78, 5) is 19.3. The van der Waals surface area contributed by atoms with Crippen molar-refractivity contribution in [1.29, 1.82) is 0 Å². The van der Waals surface area contributed by atoms with Gasteiger partial charge in [0.2, 0.25) is 0 Å². The molecular formula is C31H34F5N5O5S. The van der Waals surface area contributed by atoms with E-state index in [-0.39, 0.29) is 39.6 Å². The lowest BCUT2D eigenvalue weighted by Gasteiger charge is -2.44. The molecular weight excluding hydrogens is 649 g/mol. The van der Waals surface area contributed by atoms with Gasteiger partial charge in [0, 0.05) is 31.0 Å². The number of alkyl halides is 5. The number of nitrogens with zero attached hydrogens (tertiary/aromatic N) is 3. The lowest BCUT2D eigenvalue weighted by molar-refractivity contribution is -0.140. The number of sulfone groups is 1. The summed E-state index contributed by atoms with van der Waals surface area (Å²) in [6.07, 6.45) is -1.96. The highest BCUT2D eigenvalue weighted by Gasteiger charge is 2.50. The van der Waals surface area contributed by atoms with Crippen LogP contribution in [0.1, 0.15) is 29.3 Å². The Hall–Kier alpha value is -3.94.